The molecular weight excluding hydrogens is 380 g/mol. The zero-order chi connectivity index (χ0) is 20.9. The summed E-state index contributed by atoms with van der Waals surface area (Å²) in [4.78, 5) is 12.3. The average molecular weight is 407 g/mol. The number of carbonyl (C=O) groups excluding carboxylic acids is 1. The summed E-state index contributed by atoms with van der Waals surface area (Å²) >= 11 is 1.37. The Hall–Kier alpha value is -2.86. The number of amides is 1. The lowest BCUT2D eigenvalue weighted by Crippen LogP contribution is -2.14. The molecule has 1 N–H and O–H groups in total. The number of aromatic nitrogens is 3. The summed E-state index contributed by atoms with van der Waals surface area (Å²) in [7, 11) is 0. The number of hydrogen-bond acceptors (Lipinski definition) is 4. The van der Waals surface area contributed by atoms with Gasteiger partial charge >= 0.3 is 0 Å². The van der Waals surface area contributed by atoms with Gasteiger partial charge in [-0.15, -0.1) is 16.8 Å². The van der Waals surface area contributed by atoms with E-state index in [0.29, 0.717) is 11.7 Å². The van der Waals surface area contributed by atoms with Gasteiger partial charge in [-0.1, -0.05) is 81.1 Å². The molecule has 5 nitrogen and oxygen atoms in total. The highest BCUT2D eigenvalue weighted by Crippen LogP contribution is 2.27. The number of benzene rings is 2. The molecule has 0 atom stereocenters. The summed E-state index contributed by atoms with van der Waals surface area (Å²) in [6.45, 7) is 11.0. The second kappa shape index (κ2) is 9.09. The zero-order valence-electron chi connectivity index (χ0n) is 17.1. The number of carbonyl (C=O) groups is 1. The molecule has 3 rings (SSSR count). The van der Waals surface area contributed by atoms with Crippen LogP contribution in [0.15, 0.2) is 72.4 Å². The highest BCUT2D eigenvalue weighted by atomic mass is 32.2. The fourth-order valence-corrected chi connectivity index (χ4v) is 3.62. The third-order valence-corrected chi connectivity index (χ3v) is 5.39. The van der Waals surface area contributed by atoms with Crippen LogP contribution in [0.2, 0.25) is 0 Å². The molecule has 0 spiro atoms. The Balaban J connectivity index is 1.74. The molecule has 1 amide bonds. The van der Waals surface area contributed by atoms with E-state index in [-0.39, 0.29) is 17.1 Å². The number of hydrogen-bond donors (Lipinski definition) is 1. The summed E-state index contributed by atoms with van der Waals surface area (Å²) in [6, 6.07) is 17.8. The number of nitrogens with one attached hydrogen (secondary N) is 1. The van der Waals surface area contributed by atoms with Crippen molar-refractivity contribution in [2.75, 3.05) is 11.1 Å². The summed E-state index contributed by atoms with van der Waals surface area (Å²) in [5.41, 5.74) is 3.14. The summed E-state index contributed by atoms with van der Waals surface area (Å²) in [6.07, 6.45) is 1.81. The number of allylic oxidation sites excluding steroid dienone is 1. The van der Waals surface area contributed by atoms with Crippen molar-refractivity contribution in [1.82, 2.24) is 14.8 Å². The first kappa shape index (κ1) is 20.9. The van der Waals surface area contributed by atoms with Crippen LogP contribution >= 0.6 is 11.8 Å². The van der Waals surface area contributed by atoms with Crippen molar-refractivity contribution in [1.29, 1.82) is 0 Å². The molecule has 3 aromatic rings. The normalized spacial score (nSPS) is 11.3. The van der Waals surface area contributed by atoms with Crippen molar-refractivity contribution >= 4 is 23.4 Å². The van der Waals surface area contributed by atoms with Gasteiger partial charge in [-0.05, 0) is 23.1 Å². The van der Waals surface area contributed by atoms with Crippen LogP contribution < -0.4 is 5.32 Å². The van der Waals surface area contributed by atoms with Crippen LogP contribution in [0.3, 0.4) is 0 Å². The van der Waals surface area contributed by atoms with Gasteiger partial charge in [0, 0.05) is 17.8 Å². The van der Waals surface area contributed by atoms with E-state index < -0.39 is 0 Å². The first-order valence-corrected chi connectivity index (χ1v) is 10.5. The molecule has 1 aromatic heterocycles. The lowest BCUT2D eigenvalue weighted by Gasteiger charge is -2.19. The van der Waals surface area contributed by atoms with Crippen LogP contribution in [0.1, 0.15) is 26.3 Å². The first-order chi connectivity index (χ1) is 13.9. The third-order valence-electron chi connectivity index (χ3n) is 4.43. The van der Waals surface area contributed by atoms with Crippen LogP contribution in [-0.4, -0.2) is 26.4 Å². The van der Waals surface area contributed by atoms with Gasteiger partial charge in [0.05, 0.1) is 5.75 Å². The quantitative estimate of drug-likeness (QED) is 0.435. The van der Waals surface area contributed by atoms with Gasteiger partial charge in [0.2, 0.25) is 5.91 Å². The van der Waals surface area contributed by atoms with Gasteiger partial charge in [0.25, 0.3) is 0 Å². The number of para-hydroxylation sites is 1. The molecule has 0 bridgehead atoms. The van der Waals surface area contributed by atoms with Gasteiger partial charge in [-0.2, -0.15) is 0 Å². The fraction of sp³-hybridized carbons (Fsp3) is 0.261. The van der Waals surface area contributed by atoms with Gasteiger partial charge in [-0.3, -0.25) is 9.36 Å². The zero-order valence-corrected chi connectivity index (χ0v) is 17.9. The van der Waals surface area contributed by atoms with E-state index in [1.165, 1.54) is 17.3 Å². The number of anilines is 1. The van der Waals surface area contributed by atoms with Crippen molar-refractivity contribution in [3.63, 3.8) is 0 Å². The second-order valence-electron chi connectivity index (χ2n) is 7.74. The van der Waals surface area contributed by atoms with Crippen molar-refractivity contribution in [2.45, 2.75) is 37.9 Å². The molecule has 0 fully saturated rings. The van der Waals surface area contributed by atoms with Crippen molar-refractivity contribution in [3.8, 4) is 11.4 Å². The minimum Gasteiger partial charge on any atom is -0.325 e. The topological polar surface area (TPSA) is 59.8 Å². The molecule has 0 aliphatic carbocycles. The number of rotatable bonds is 7. The monoisotopic (exact) mass is 406 g/mol. The second-order valence-corrected chi connectivity index (χ2v) is 8.68. The summed E-state index contributed by atoms with van der Waals surface area (Å²) in [5.74, 6) is 0.953. The van der Waals surface area contributed by atoms with E-state index >= 15 is 0 Å². The van der Waals surface area contributed by atoms with E-state index in [9.17, 15) is 4.79 Å². The van der Waals surface area contributed by atoms with Crippen LogP contribution in [0.5, 0.6) is 0 Å². The molecule has 0 saturated carbocycles. The highest BCUT2D eigenvalue weighted by molar-refractivity contribution is 7.99. The van der Waals surface area contributed by atoms with E-state index in [2.05, 4.69) is 67.1 Å². The summed E-state index contributed by atoms with van der Waals surface area (Å²) in [5, 5.41) is 12.3. The molecule has 6 heteroatoms. The Labute approximate surface area is 176 Å². The van der Waals surface area contributed by atoms with Gasteiger partial charge in [0.1, 0.15) is 0 Å². The number of nitrogens with zero attached hydrogens (tertiary/aromatic N) is 3. The third kappa shape index (κ3) is 5.35. The van der Waals surface area contributed by atoms with Crippen LogP contribution in [-0.2, 0) is 16.8 Å². The lowest BCUT2D eigenvalue weighted by molar-refractivity contribution is -0.113. The maximum absolute atomic E-state index is 12.3. The molecule has 29 heavy (non-hydrogen) atoms. The van der Waals surface area contributed by atoms with Crippen LogP contribution in [0, 0.1) is 0 Å². The van der Waals surface area contributed by atoms with Crippen molar-refractivity contribution in [3.05, 3.63) is 72.8 Å². The van der Waals surface area contributed by atoms with Gasteiger partial charge in [-0.25, -0.2) is 0 Å². The Bertz CT molecular complexity index is 972. The van der Waals surface area contributed by atoms with E-state index in [1.54, 1.807) is 0 Å². The van der Waals surface area contributed by atoms with Gasteiger partial charge in [0.15, 0.2) is 11.0 Å². The van der Waals surface area contributed by atoms with Crippen molar-refractivity contribution < 1.29 is 4.79 Å². The van der Waals surface area contributed by atoms with Crippen LogP contribution in [0.25, 0.3) is 11.4 Å². The predicted molar refractivity (Wildman–Crippen MR) is 120 cm³/mol. The van der Waals surface area contributed by atoms with E-state index in [4.69, 9.17) is 0 Å². The number of thioether (sulfide) groups is 1. The minimum atomic E-state index is -0.0783. The average Bonchev–Trinajstić information content (AvgIpc) is 3.09. The molecule has 2 aromatic carbocycles. The Morgan fingerprint density at radius 1 is 1.10 bits per heavy atom. The molecule has 0 aliphatic heterocycles. The Morgan fingerprint density at radius 2 is 1.79 bits per heavy atom. The lowest BCUT2D eigenvalue weighted by atomic mass is 9.87. The standard InChI is InChI=1S/C23H26N4OS/c1-5-15-27-21(17-11-13-18(14-12-17)23(2,3)4)25-26-22(27)29-16-20(28)24-19-9-7-6-8-10-19/h5-14H,1,15-16H2,2-4H3,(H,24,28). The highest BCUT2D eigenvalue weighted by Gasteiger charge is 2.17. The molecule has 0 radical (unpaired) electrons. The predicted octanol–water partition coefficient (Wildman–Crippen LogP) is 5.16. The fourth-order valence-electron chi connectivity index (χ4n) is 2.87. The smallest absolute Gasteiger partial charge is 0.234 e. The molecule has 0 saturated heterocycles. The molecule has 150 valence electrons. The molecule has 1 heterocycles. The van der Waals surface area contributed by atoms with Crippen molar-refractivity contribution in [2.24, 2.45) is 0 Å². The Morgan fingerprint density at radius 3 is 2.41 bits per heavy atom. The first-order valence-electron chi connectivity index (χ1n) is 9.51. The molecular formula is C23H26N4OS. The SMILES string of the molecule is C=CCn1c(SCC(=O)Nc2ccccc2)nnc1-c1ccc(C(C)(C)C)cc1. The minimum absolute atomic E-state index is 0.0783. The summed E-state index contributed by atoms with van der Waals surface area (Å²) < 4.78 is 1.99. The van der Waals surface area contributed by atoms with Crippen LogP contribution in [0.4, 0.5) is 5.69 Å². The maximum Gasteiger partial charge on any atom is 0.234 e. The largest absolute Gasteiger partial charge is 0.325 e. The maximum atomic E-state index is 12.3. The molecule has 0 unspecified atom stereocenters. The Kier molecular flexibility index (Phi) is 6.54. The van der Waals surface area contributed by atoms with Gasteiger partial charge < -0.3 is 5.32 Å². The molecule has 0 aliphatic rings. The van der Waals surface area contributed by atoms with E-state index in [1.807, 2.05) is 41.0 Å². The van der Waals surface area contributed by atoms with E-state index in [0.717, 1.165) is 17.1 Å².